The van der Waals surface area contributed by atoms with E-state index in [1.54, 1.807) is 0 Å². The van der Waals surface area contributed by atoms with Crippen LogP contribution in [-0.2, 0) is 11.2 Å². The zero-order valence-electron chi connectivity index (χ0n) is 11.6. The SMILES string of the molecule is C[C@@H]1CNCCN1C(=O)Cc1ccc(C2CC2)cc1. The van der Waals surface area contributed by atoms with E-state index in [0.717, 1.165) is 31.1 Å². The zero-order valence-corrected chi connectivity index (χ0v) is 11.6. The second-order valence-corrected chi connectivity index (χ2v) is 5.83. The van der Waals surface area contributed by atoms with Gasteiger partial charge in [-0.25, -0.2) is 0 Å². The van der Waals surface area contributed by atoms with E-state index in [-0.39, 0.29) is 5.91 Å². The van der Waals surface area contributed by atoms with Crippen molar-refractivity contribution in [1.29, 1.82) is 0 Å². The van der Waals surface area contributed by atoms with Gasteiger partial charge in [0.1, 0.15) is 0 Å². The molecule has 1 aliphatic heterocycles. The molecule has 0 aromatic heterocycles. The molecule has 3 nitrogen and oxygen atoms in total. The lowest BCUT2D eigenvalue weighted by atomic mass is 10.0. The molecular formula is C16H22N2O. The van der Waals surface area contributed by atoms with E-state index in [9.17, 15) is 4.79 Å². The molecular weight excluding hydrogens is 236 g/mol. The number of hydrogen-bond acceptors (Lipinski definition) is 2. The summed E-state index contributed by atoms with van der Waals surface area (Å²) in [7, 11) is 0. The topological polar surface area (TPSA) is 32.3 Å². The van der Waals surface area contributed by atoms with Crippen molar-refractivity contribution >= 4 is 5.91 Å². The Balaban J connectivity index is 1.61. The number of nitrogens with zero attached hydrogens (tertiary/aromatic N) is 1. The van der Waals surface area contributed by atoms with Gasteiger partial charge in [0, 0.05) is 25.7 Å². The summed E-state index contributed by atoms with van der Waals surface area (Å²) in [4.78, 5) is 14.3. The monoisotopic (exact) mass is 258 g/mol. The molecule has 1 amide bonds. The average molecular weight is 258 g/mol. The Labute approximate surface area is 115 Å². The molecule has 3 rings (SSSR count). The predicted octanol–water partition coefficient (Wildman–Crippen LogP) is 1.93. The van der Waals surface area contributed by atoms with Gasteiger partial charge in [0.2, 0.25) is 5.91 Å². The zero-order chi connectivity index (χ0) is 13.2. The molecule has 1 aromatic rings. The lowest BCUT2D eigenvalue weighted by Gasteiger charge is -2.34. The molecule has 3 heteroatoms. The van der Waals surface area contributed by atoms with Crippen LogP contribution in [0.15, 0.2) is 24.3 Å². The Hall–Kier alpha value is -1.35. The second-order valence-electron chi connectivity index (χ2n) is 5.83. The van der Waals surface area contributed by atoms with E-state index in [0.29, 0.717) is 12.5 Å². The van der Waals surface area contributed by atoms with Crippen molar-refractivity contribution in [3.05, 3.63) is 35.4 Å². The Bertz CT molecular complexity index is 450. The summed E-state index contributed by atoms with van der Waals surface area (Å²) in [6, 6.07) is 8.95. The highest BCUT2D eigenvalue weighted by atomic mass is 16.2. The van der Waals surface area contributed by atoms with E-state index in [1.165, 1.54) is 18.4 Å². The number of rotatable bonds is 3. The smallest absolute Gasteiger partial charge is 0.227 e. The molecule has 1 heterocycles. The van der Waals surface area contributed by atoms with Gasteiger partial charge >= 0.3 is 0 Å². The third-order valence-electron chi connectivity index (χ3n) is 4.21. The van der Waals surface area contributed by atoms with Gasteiger partial charge in [-0.3, -0.25) is 4.79 Å². The lowest BCUT2D eigenvalue weighted by Crippen LogP contribution is -2.52. The molecule has 0 bridgehead atoms. The van der Waals surface area contributed by atoms with Crippen LogP contribution in [0.3, 0.4) is 0 Å². The van der Waals surface area contributed by atoms with Crippen LogP contribution < -0.4 is 5.32 Å². The molecule has 1 atom stereocenters. The van der Waals surface area contributed by atoms with Crippen LogP contribution in [0.4, 0.5) is 0 Å². The van der Waals surface area contributed by atoms with Crippen LogP contribution >= 0.6 is 0 Å². The maximum atomic E-state index is 12.3. The molecule has 1 aliphatic carbocycles. The highest BCUT2D eigenvalue weighted by Crippen LogP contribution is 2.39. The molecule has 2 aliphatic rings. The van der Waals surface area contributed by atoms with Crippen molar-refractivity contribution < 1.29 is 4.79 Å². The number of piperazine rings is 1. The number of hydrogen-bond donors (Lipinski definition) is 1. The van der Waals surface area contributed by atoms with Gasteiger partial charge in [0.25, 0.3) is 0 Å². The molecule has 0 spiro atoms. The number of nitrogens with one attached hydrogen (secondary N) is 1. The third kappa shape index (κ3) is 2.98. The van der Waals surface area contributed by atoms with E-state index in [2.05, 4.69) is 36.5 Å². The van der Waals surface area contributed by atoms with Crippen molar-refractivity contribution in [2.75, 3.05) is 19.6 Å². The maximum absolute atomic E-state index is 12.3. The van der Waals surface area contributed by atoms with Gasteiger partial charge in [-0.2, -0.15) is 0 Å². The second kappa shape index (κ2) is 5.33. The largest absolute Gasteiger partial charge is 0.337 e. The fourth-order valence-corrected chi connectivity index (χ4v) is 2.81. The Morgan fingerprint density at radius 2 is 2.05 bits per heavy atom. The normalized spacial score (nSPS) is 23.4. The summed E-state index contributed by atoms with van der Waals surface area (Å²) in [5.74, 6) is 1.05. The molecule has 0 radical (unpaired) electrons. The van der Waals surface area contributed by atoms with Crippen LogP contribution in [-0.4, -0.2) is 36.5 Å². The fourth-order valence-electron chi connectivity index (χ4n) is 2.81. The van der Waals surface area contributed by atoms with Crippen LogP contribution in [0.1, 0.15) is 36.8 Å². The number of carbonyl (C=O) groups is 1. The summed E-state index contributed by atoms with van der Waals surface area (Å²) in [5.41, 5.74) is 2.58. The molecule has 0 unspecified atom stereocenters. The van der Waals surface area contributed by atoms with E-state index >= 15 is 0 Å². The highest BCUT2D eigenvalue weighted by molar-refractivity contribution is 5.79. The fraction of sp³-hybridized carbons (Fsp3) is 0.562. The molecule has 19 heavy (non-hydrogen) atoms. The third-order valence-corrected chi connectivity index (χ3v) is 4.21. The summed E-state index contributed by atoms with van der Waals surface area (Å²) in [6.07, 6.45) is 3.20. The summed E-state index contributed by atoms with van der Waals surface area (Å²) in [6.45, 7) is 4.77. The molecule has 1 aromatic carbocycles. The molecule has 1 N–H and O–H groups in total. The van der Waals surface area contributed by atoms with Crippen molar-refractivity contribution in [2.24, 2.45) is 0 Å². The van der Waals surface area contributed by atoms with Gasteiger partial charge in [0.15, 0.2) is 0 Å². The Morgan fingerprint density at radius 1 is 1.32 bits per heavy atom. The van der Waals surface area contributed by atoms with Gasteiger partial charge in [-0.05, 0) is 36.8 Å². The number of amides is 1. The van der Waals surface area contributed by atoms with E-state index in [4.69, 9.17) is 0 Å². The van der Waals surface area contributed by atoms with Gasteiger partial charge in [-0.15, -0.1) is 0 Å². The van der Waals surface area contributed by atoms with Crippen LogP contribution in [0.2, 0.25) is 0 Å². The van der Waals surface area contributed by atoms with Crippen LogP contribution in [0.5, 0.6) is 0 Å². The first-order chi connectivity index (χ1) is 9.24. The first-order valence-corrected chi connectivity index (χ1v) is 7.33. The summed E-state index contributed by atoms with van der Waals surface area (Å²) >= 11 is 0. The molecule has 102 valence electrons. The number of carbonyl (C=O) groups excluding carboxylic acids is 1. The summed E-state index contributed by atoms with van der Waals surface area (Å²) < 4.78 is 0. The van der Waals surface area contributed by atoms with Crippen molar-refractivity contribution in [1.82, 2.24) is 10.2 Å². The first kappa shape index (κ1) is 12.7. The molecule has 1 saturated heterocycles. The van der Waals surface area contributed by atoms with Crippen LogP contribution in [0.25, 0.3) is 0 Å². The predicted molar refractivity (Wildman–Crippen MR) is 76.2 cm³/mol. The maximum Gasteiger partial charge on any atom is 0.227 e. The van der Waals surface area contributed by atoms with E-state index < -0.39 is 0 Å². The standard InChI is InChI=1S/C16H22N2O/c1-12-11-17-8-9-18(12)16(19)10-13-2-4-14(5-3-13)15-6-7-15/h2-5,12,15,17H,6-11H2,1H3/t12-/m1/s1. The average Bonchev–Trinajstić information content (AvgIpc) is 3.24. The molecule has 1 saturated carbocycles. The van der Waals surface area contributed by atoms with Crippen molar-refractivity contribution in [3.63, 3.8) is 0 Å². The molecule has 2 fully saturated rings. The Kier molecular flexibility index (Phi) is 3.56. The highest BCUT2D eigenvalue weighted by Gasteiger charge is 2.24. The van der Waals surface area contributed by atoms with Crippen molar-refractivity contribution in [3.8, 4) is 0 Å². The van der Waals surface area contributed by atoms with Crippen molar-refractivity contribution in [2.45, 2.75) is 38.1 Å². The first-order valence-electron chi connectivity index (χ1n) is 7.33. The van der Waals surface area contributed by atoms with Gasteiger partial charge < -0.3 is 10.2 Å². The quantitative estimate of drug-likeness (QED) is 0.898. The van der Waals surface area contributed by atoms with Crippen LogP contribution in [0, 0.1) is 0 Å². The Morgan fingerprint density at radius 3 is 2.68 bits per heavy atom. The number of benzene rings is 1. The van der Waals surface area contributed by atoms with E-state index in [1.807, 2.05) is 4.90 Å². The minimum Gasteiger partial charge on any atom is -0.337 e. The minimum absolute atomic E-state index is 0.258. The summed E-state index contributed by atoms with van der Waals surface area (Å²) in [5, 5.41) is 3.32. The lowest BCUT2D eigenvalue weighted by molar-refractivity contribution is -0.133. The van der Waals surface area contributed by atoms with Gasteiger partial charge in [0.05, 0.1) is 6.42 Å². The minimum atomic E-state index is 0.258. The van der Waals surface area contributed by atoms with Gasteiger partial charge in [-0.1, -0.05) is 24.3 Å².